The summed E-state index contributed by atoms with van der Waals surface area (Å²) in [6.45, 7) is 0. The van der Waals surface area contributed by atoms with Crippen molar-refractivity contribution in [3.63, 3.8) is 0 Å². The molecule has 1 aliphatic rings. The molecule has 0 aromatic rings. The summed E-state index contributed by atoms with van der Waals surface area (Å²) in [6.07, 6.45) is 10.1. The van der Waals surface area contributed by atoms with Crippen molar-refractivity contribution in [1.82, 2.24) is 0 Å². The minimum atomic E-state index is 0.669. The molecule has 0 saturated carbocycles. The van der Waals surface area contributed by atoms with Gasteiger partial charge >= 0.3 is 0 Å². The van der Waals surface area contributed by atoms with Gasteiger partial charge in [0.15, 0.2) is 0 Å². The van der Waals surface area contributed by atoms with Gasteiger partial charge in [0.25, 0.3) is 0 Å². The third kappa shape index (κ3) is 1.15. The summed E-state index contributed by atoms with van der Waals surface area (Å²) in [5.74, 6) is 0. The summed E-state index contributed by atoms with van der Waals surface area (Å²) in [5, 5.41) is 0.669. The Morgan fingerprint density at radius 1 is 1.43 bits per heavy atom. The van der Waals surface area contributed by atoms with Gasteiger partial charge in [0.2, 0.25) is 5.03 Å². The van der Waals surface area contributed by atoms with Crippen molar-refractivity contribution < 1.29 is 0 Å². The van der Waals surface area contributed by atoms with Gasteiger partial charge in [0.05, 0.1) is 18.2 Å². The molecule has 0 atom stereocenters. The molecule has 0 aromatic carbocycles. The highest BCUT2D eigenvalue weighted by Gasteiger charge is 1.94. The molecule has 0 spiro atoms. The molecule has 0 bridgehead atoms. The Balaban J connectivity index is 2.82. The van der Waals surface area contributed by atoms with Crippen LogP contribution in [0.1, 0.15) is 0 Å². The zero-order chi connectivity index (χ0) is 5.11. The molecule has 0 saturated heterocycles. The van der Waals surface area contributed by atoms with Crippen LogP contribution in [0, 0.1) is 6.08 Å². The largest absolute Gasteiger partial charge is 0.204 e. The molecule has 0 amide bonds. The van der Waals surface area contributed by atoms with Gasteiger partial charge in [-0.05, 0) is 11.6 Å². The van der Waals surface area contributed by atoms with E-state index in [9.17, 15) is 0 Å². The monoisotopic (exact) mass is 111 g/mol. The summed E-state index contributed by atoms with van der Waals surface area (Å²) >= 11 is 5.48. The zero-order valence-electron chi connectivity index (χ0n) is 3.69. The Morgan fingerprint density at radius 3 is 2.57 bits per heavy atom. The number of hydrogen-bond acceptors (Lipinski definition) is 0. The van der Waals surface area contributed by atoms with Crippen LogP contribution in [-0.4, -0.2) is 0 Å². The van der Waals surface area contributed by atoms with Crippen molar-refractivity contribution in [2.75, 3.05) is 0 Å². The van der Waals surface area contributed by atoms with Gasteiger partial charge in [-0.15, -0.1) is 0 Å². The van der Waals surface area contributed by atoms with Crippen molar-refractivity contribution >= 4 is 11.6 Å². The fraction of sp³-hybridized carbons (Fsp3) is 0. The summed E-state index contributed by atoms with van der Waals surface area (Å²) in [5.41, 5.74) is 0. The average molecular weight is 112 g/mol. The lowest BCUT2D eigenvalue weighted by atomic mass is 10.3. The SMILES string of the molecule is ClC1=CC=CC=[C+]1. The Morgan fingerprint density at radius 2 is 2.29 bits per heavy atom. The summed E-state index contributed by atoms with van der Waals surface area (Å²) < 4.78 is 0. The van der Waals surface area contributed by atoms with Crippen LogP contribution in [0.5, 0.6) is 0 Å². The van der Waals surface area contributed by atoms with E-state index in [0.29, 0.717) is 5.03 Å². The number of allylic oxidation sites excluding steroid dienone is 6. The third-order valence-electron chi connectivity index (χ3n) is 0.671. The topological polar surface area (TPSA) is 0 Å². The molecule has 1 heteroatoms. The Bertz CT molecular complexity index is 140. The molecule has 0 heterocycles. The molecular formula is C6H4Cl+. The van der Waals surface area contributed by atoms with Crippen molar-refractivity contribution in [3.8, 4) is 0 Å². The fourth-order valence-corrected chi connectivity index (χ4v) is 0.507. The zero-order valence-corrected chi connectivity index (χ0v) is 4.44. The van der Waals surface area contributed by atoms with Gasteiger partial charge in [-0.25, -0.2) is 0 Å². The molecular weight excluding hydrogens is 108 g/mol. The van der Waals surface area contributed by atoms with E-state index in [0.717, 1.165) is 0 Å². The minimum absolute atomic E-state index is 0.669. The lowest BCUT2D eigenvalue weighted by Crippen LogP contribution is -1.66. The first kappa shape index (κ1) is 4.58. The molecule has 0 nitrogen and oxygen atoms in total. The average Bonchev–Trinajstić information content (AvgIpc) is 1.69. The van der Waals surface area contributed by atoms with Crippen LogP contribution in [0.25, 0.3) is 0 Å². The van der Waals surface area contributed by atoms with Gasteiger partial charge in [-0.1, -0.05) is 0 Å². The molecule has 0 aromatic heterocycles. The quantitative estimate of drug-likeness (QED) is 0.420. The standard InChI is InChI=1S/C6H4Cl/c7-6-4-2-1-3-5-6/h1-4H/q+1. The fourth-order valence-electron chi connectivity index (χ4n) is 0.371. The second-order valence-corrected chi connectivity index (χ2v) is 1.62. The first-order chi connectivity index (χ1) is 3.39. The molecule has 0 aliphatic heterocycles. The van der Waals surface area contributed by atoms with Gasteiger partial charge in [0, 0.05) is 6.08 Å². The van der Waals surface area contributed by atoms with Crippen LogP contribution in [0.4, 0.5) is 0 Å². The lowest BCUT2D eigenvalue weighted by molar-refractivity contribution is 1.70. The van der Waals surface area contributed by atoms with E-state index in [4.69, 9.17) is 11.6 Å². The van der Waals surface area contributed by atoms with Crippen LogP contribution in [-0.2, 0) is 0 Å². The van der Waals surface area contributed by atoms with Gasteiger partial charge in [-0.3, -0.25) is 0 Å². The van der Waals surface area contributed by atoms with Gasteiger partial charge in [0.1, 0.15) is 6.08 Å². The van der Waals surface area contributed by atoms with E-state index in [1.54, 1.807) is 12.2 Å². The van der Waals surface area contributed by atoms with E-state index in [2.05, 4.69) is 6.08 Å². The summed E-state index contributed by atoms with van der Waals surface area (Å²) in [4.78, 5) is 0. The van der Waals surface area contributed by atoms with Gasteiger partial charge < -0.3 is 0 Å². The molecule has 34 valence electrons. The number of rotatable bonds is 0. The number of hydrogen-bond donors (Lipinski definition) is 0. The first-order valence-electron chi connectivity index (χ1n) is 2.02. The van der Waals surface area contributed by atoms with Crippen LogP contribution < -0.4 is 0 Å². The normalized spacial score (nSPS) is 15.9. The highest BCUT2D eigenvalue weighted by Crippen LogP contribution is 2.05. The first-order valence-corrected chi connectivity index (χ1v) is 2.39. The Labute approximate surface area is 47.8 Å². The van der Waals surface area contributed by atoms with Crippen LogP contribution in [0.3, 0.4) is 0 Å². The predicted octanol–water partition coefficient (Wildman–Crippen LogP) is 2.04. The summed E-state index contributed by atoms with van der Waals surface area (Å²) in [7, 11) is 0. The molecule has 7 heavy (non-hydrogen) atoms. The third-order valence-corrected chi connectivity index (χ3v) is 0.906. The highest BCUT2D eigenvalue weighted by atomic mass is 35.5. The molecule has 0 radical (unpaired) electrons. The van der Waals surface area contributed by atoms with Crippen molar-refractivity contribution in [1.29, 1.82) is 0 Å². The second kappa shape index (κ2) is 1.92. The minimum Gasteiger partial charge on any atom is -0.0427 e. The second-order valence-electron chi connectivity index (χ2n) is 1.21. The summed E-state index contributed by atoms with van der Waals surface area (Å²) in [6, 6.07) is 0. The Kier molecular flexibility index (Phi) is 1.26. The Hall–Kier alpha value is -0.580. The van der Waals surface area contributed by atoms with Crippen molar-refractivity contribution in [3.05, 3.63) is 35.4 Å². The van der Waals surface area contributed by atoms with Gasteiger partial charge in [-0.2, -0.15) is 0 Å². The maximum absolute atomic E-state index is 5.48. The van der Waals surface area contributed by atoms with Crippen LogP contribution >= 0.6 is 11.6 Å². The van der Waals surface area contributed by atoms with E-state index in [1.165, 1.54) is 0 Å². The van der Waals surface area contributed by atoms with E-state index < -0.39 is 0 Å². The smallest absolute Gasteiger partial charge is 0.0427 e. The maximum atomic E-state index is 5.48. The predicted molar refractivity (Wildman–Crippen MR) is 30.9 cm³/mol. The van der Waals surface area contributed by atoms with Crippen molar-refractivity contribution in [2.24, 2.45) is 0 Å². The number of halogens is 1. The molecule has 0 fully saturated rings. The van der Waals surface area contributed by atoms with E-state index in [1.807, 2.05) is 12.2 Å². The lowest BCUT2D eigenvalue weighted by Gasteiger charge is -1.74. The maximum Gasteiger partial charge on any atom is 0.204 e. The molecule has 1 rings (SSSR count). The molecule has 0 unspecified atom stereocenters. The van der Waals surface area contributed by atoms with Crippen LogP contribution in [0.15, 0.2) is 29.3 Å². The van der Waals surface area contributed by atoms with E-state index in [-0.39, 0.29) is 0 Å². The van der Waals surface area contributed by atoms with Crippen LogP contribution in [0.2, 0.25) is 0 Å². The van der Waals surface area contributed by atoms with Crippen molar-refractivity contribution in [2.45, 2.75) is 0 Å². The highest BCUT2D eigenvalue weighted by molar-refractivity contribution is 6.30. The molecule has 0 N–H and O–H groups in total. The molecule has 1 aliphatic carbocycles. The van der Waals surface area contributed by atoms with E-state index >= 15 is 0 Å².